The lowest BCUT2D eigenvalue weighted by atomic mass is 9.95. The number of amides is 1. The van der Waals surface area contributed by atoms with E-state index in [1.54, 1.807) is 0 Å². The molecule has 6 heteroatoms. The fourth-order valence-corrected chi connectivity index (χ4v) is 2.90. The van der Waals surface area contributed by atoms with Crippen molar-refractivity contribution in [1.29, 1.82) is 0 Å². The van der Waals surface area contributed by atoms with Gasteiger partial charge in [-0.15, -0.1) is 0 Å². The van der Waals surface area contributed by atoms with Gasteiger partial charge in [0.05, 0.1) is 11.8 Å². The molecule has 0 spiro atoms. The Morgan fingerprint density at radius 2 is 1.76 bits per heavy atom. The third-order valence-electron chi connectivity index (χ3n) is 4.02. The predicted molar refractivity (Wildman–Crippen MR) is 72.6 cm³/mol. The van der Waals surface area contributed by atoms with Crippen molar-refractivity contribution in [3.05, 3.63) is 29.8 Å². The highest BCUT2D eigenvalue weighted by atomic mass is 19.1. The SMILES string of the molecule is CCC1CC(C(=O)O)C(C(=O)Nc2cc(F)cc(F)c2)C1. The number of anilines is 1. The second-order valence-corrected chi connectivity index (χ2v) is 5.44. The molecule has 0 heterocycles. The van der Waals surface area contributed by atoms with Crippen molar-refractivity contribution in [1.82, 2.24) is 0 Å². The van der Waals surface area contributed by atoms with Crippen molar-refractivity contribution in [2.24, 2.45) is 17.8 Å². The number of aliphatic carboxylic acids is 1. The lowest BCUT2D eigenvalue weighted by Gasteiger charge is -2.15. The van der Waals surface area contributed by atoms with Gasteiger partial charge in [0, 0.05) is 11.8 Å². The molecule has 2 rings (SSSR count). The first-order chi connectivity index (χ1) is 9.90. The van der Waals surface area contributed by atoms with Gasteiger partial charge in [0.1, 0.15) is 11.6 Å². The molecule has 1 amide bonds. The minimum Gasteiger partial charge on any atom is -0.481 e. The van der Waals surface area contributed by atoms with E-state index < -0.39 is 35.3 Å². The lowest BCUT2D eigenvalue weighted by Crippen LogP contribution is -2.30. The van der Waals surface area contributed by atoms with Gasteiger partial charge in [0.15, 0.2) is 0 Å². The van der Waals surface area contributed by atoms with Crippen LogP contribution in [0.4, 0.5) is 14.5 Å². The number of nitrogens with one attached hydrogen (secondary N) is 1. The van der Waals surface area contributed by atoms with Crippen LogP contribution < -0.4 is 5.32 Å². The largest absolute Gasteiger partial charge is 0.481 e. The van der Waals surface area contributed by atoms with Crippen molar-refractivity contribution in [3.63, 3.8) is 0 Å². The first kappa shape index (κ1) is 15.4. The number of benzene rings is 1. The fourth-order valence-electron chi connectivity index (χ4n) is 2.90. The summed E-state index contributed by atoms with van der Waals surface area (Å²) >= 11 is 0. The summed E-state index contributed by atoms with van der Waals surface area (Å²) in [7, 11) is 0. The van der Waals surface area contributed by atoms with Crippen molar-refractivity contribution < 1.29 is 23.5 Å². The summed E-state index contributed by atoms with van der Waals surface area (Å²) in [5, 5.41) is 11.6. The molecular formula is C15H17F2NO3. The van der Waals surface area contributed by atoms with E-state index in [-0.39, 0.29) is 11.6 Å². The molecule has 2 N–H and O–H groups in total. The van der Waals surface area contributed by atoms with E-state index in [9.17, 15) is 23.5 Å². The average Bonchev–Trinajstić information content (AvgIpc) is 2.81. The second kappa shape index (κ2) is 6.20. The highest BCUT2D eigenvalue weighted by molar-refractivity contribution is 5.95. The van der Waals surface area contributed by atoms with Crippen LogP contribution >= 0.6 is 0 Å². The zero-order valence-corrected chi connectivity index (χ0v) is 11.6. The first-order valence-corrected chi connectivity index (χ1v) is 6.90. The Balaban J connectivity index is 2.13. The van der Waals surface area contributed by atoms with Crippen LogP contribution in [0.5, 0.6) is 0 Å². The predicted octanol–water partition coefficient (Wildman–Crippen LogP) is 3.04. The molecule has 1 aromatic rings. The Morgan fingerprint density at radius 3 is 2.29 bits per heavy atom. The molecule has 114 valence electrons. The summed E-state index contributed by atoms with van der Waals surface area (Å²) in [6, 6.07) is 2.71. The standard InChI is InChI=1S/C15H17F2NO3/c1-2-8-3-12(13(4-8)15(20)21)14(19)18-11-6-9(16)5-10(17)7-11/h5-8,12-13H,2-4H2,1H3,(H,18,19)(H,20,21). The molecule has 1 aliphatic rings. The summed E-state index contributed by atoms with van der Waals surface area (Å²) in [5.41, 5.74) is 0.00147. The topological polar surface area (TPSA) is 66.4 Å². The molecule has 4 nitrogen and oxygen atoms in total. The Labute approximate surface area is 121 Å². The fraction of sp³-hybridized carbons (Fsp3) is 0.467. The van der Waals surface area contributed by atoms with Gasteiger partial charge < -0.3 is 10.4 Å². The molecule has 1 saturated carbocycles. The molecule has 3 unspecified atom stereocenters. The maximum Gasteiger partial charge on any atom is 0.307 e. The number of hydrogen-bond acceptors (Lipinski definition) is 2. The van der Waals surface area contributed by atoms with Crippen LogP contribution in [0.1, 0.15) is 26.2 Å². The van der Waals surface area contributed by atoms with Gasteiger partial charge in [-0.05, 0) is 30.9 Å². The van der Waals surface area contributed by atoms with Crippen molar-refractivity contribution in [2.75, 3.05) is 5.32 Å². The van der Waals surface area contributed by atoms with Crippen LogP contribution in [-0.2, 0) is 9.59 Å². The van der Waals surface area contributed by atoms with Gasteiger partial charge in [-0.25, -0.2) is 8.78 Å². The summed E-state index contributed by atoms with van der Waals surface area (Å²) < 4.78 is 26.2. The van der Waals surface area contributed by atoms with Crippen LogP contribution in [0.15, 0.2) is 18.2 Å². The molecule has 0 aromatic heterocycles. The summed E-state index contributed by atoms with van der Waals surface area (Å²) in [5.74, 6) is -4.31. The average molecular weight is 297 g/mol. The number of hydrogen-bond donors (Lipinski definition) is 2. The Bertz CT molecular complexity index is 542. The number of carboxylic acid groups (broad SMARTS) is 1. The van der Waals surface area contributed by atoms with Crippen molar-refractivity contribution in [2.45, 2.75) is 26.2 Å². The molecule has 0 aliphatic heterocycles. The quantitative estimate of drug-likeness (QED) is 0.897. The Morgan fingerprint density at radius 1 is 1.19 bits per heavy atom. The maximum absolute atomic E-state index is 13.1. The number of carboxylic acids is 1. The minimum absolute atomic E-state index is 0.00147. The van der Waals surface area contributed by atoms with Crippen LogP contribution in [-0.4, -0.2) is 17.0 Å². The van der Waals surface area contributed by atoms with Gasteiger partial charge in [-0.1, -0.05) is 13.3 Å². The summed E-state index contributed by atoms with van der Waals surface area (Å²) in [6.45, 7) is 1.95. The van der Waals surface area contributed by atoms with E-state index in [0.29, 0.717) is 18.9 Å². The van der Waals surface area contributed by atoms with Gasteiger partial charge in [0.25, 0.3) is 0 Å². The normalized spacial score (nSPS) is 24.8. The molecule has 0 bridgehead atoms. The number of carbonyl (C=O) groups is 2. The number of rotatable bonds is 4. The molecular weight excluding hydrogens is 280 g/mol. The lowest BCUT2D eigenvalue weighted by molar-refractivity contribution is -0.145. The number of halogens is 2. The monoisotopic (exact) mass is 297 g/mol. The van der Waals surface area contributed by atoms with Crippen LogP contribution in [0.2, 0.25) is 0 Å². The molecule has 1 aromatic carbocycles. The van der Waals surface area contributed by atoms with E-state index in [2.05, 4.69) is 5.32 Å². The summed E-state index contributed by atoms with van der Waals surface area (Å²) in [6.07, 6.45) is 1.75. The van der Waals surface area contributed by atoms with E-state index in [4.69, 9.17) is 0 Å². The van der Waals surface area contributed by atoms with Gasteiger partial charge >= 0.3 is 5.97 Å². The maximum atomic E-state index is 13.1. The second-order valence-electron chi connectivity index (χ2n) is 5.44. The summed E-state index contributed by atoms with van der Waals surface area (Å²) in [4.78, 5) is 23.4. The van der Waals surface area contributed by atoms with E-state index >= 15 is 0 Å². The van der Waals surface area contributed by atoms with E-state index in [1.807, 2.05) is 6.92 Å². The number of carbonyl (C=O) groups excluding carboxylic acids is 1. The van der Waals surface area contributed by atoms with E-state index in [0.717, 1.165) is 18.6 Å². The van der Waals surface area contributed by atoms with Gasteiger partial charge in [0.2, 0.25) is 5.91 Å². The van der Waals surface area contributed by atoms with Gasteiger partial charge in [-0.2, -0.15) is 0 Å². The molecule has 21 heavy (non-hydrogen) atoms. The molecule has 3 atom stereocenters. The minimum atomic E-state index is -1.00. The smallest absolute Gasteiger partial charge is 0.307 e. The van der Waals surface area contributed by atoms with Gasteiger partial charge in [-0.3, -0.25) is 9.59 Å². The zero-order chi connectivity index (χ0) is 15.6. The molecule has 1 fully saturated rings. The van der Waals surface area contributed by atoms with Crippen LogP contribution in [0, 0.1) is 29.4 Å². The Kier molecular flexibility index (Phi) is 4.55. The third kappa shape index (κ3) is 3.56. The third-order valence-corrected chi connectivity index (χ3v) is 4.02. The Hall–Kier alpha value is -1.98. The highest BCUT2D eigenvalue weighted by Gasteiger charge is 2.42. The first-order valence-electron chi connectivity index (χ1n) is 6.90. The van der Waals surface area contributed by atoms with E-state index in [1.165, 1.54) is 0 Å². The van der Waals surface area contributed by atoms with Crippen LogP contribution in [0.3, 0.4) is 0 Å². The van der Waals surface area contributed by atoms with Crippen molar-refractivity contribution >= 4 is 17.6 Å². The van der Waals surface area contributed by atoms with Crippen LogP contribution in [0.25, 0.3) is 0 Å². The molecule has 1 aliphatic carbocycles. The van der Waals surface area contributed by atoms with Crippen molar-refractivity contribution in [3.8, 4) is 0 Å². The molecule has 0 saturated heterocycles. The highest BCUT2D eigenvalue weighted by Crippen LogP contribution is 2.39. The zero-order valence-electron chi connectivity index (χ0n) is 11.6. The molecule has 0 radical (unpaired) electrons.